The van der Waals surface area contributed by atoms with Gasteiger partial charge in [-0.25, -0.2) is 14.8 Å². The predicted octanol–water partition coefficient (Wildman–Crippen LogP) is 2.84. The standard InChI is InChI=1S/C13H12BrN5O2/c1-8(20)17-10-3-2-4-11(5-10)18-13(21)19-12-15-6-9(14)7-16-12/h2-7H,1H3,(H,17,20)(H2,15,16,18,19,21). The Kier molecular flexibility index (Phi) is 4.83. The van der Waals surface area contributed by atoms with Crippen LogP contribution in [-0.4, -0.2) is 21.9 Å². The van der Waals surface area contributed by atoms with E-state index >= 15 is 0 Å². The third-order valence-corrected chi connectivity index (χ3v) is 2.70. The van der Waals surface area contributed by atoms with Crippen molar-refractivity contribution in [1.29, 1.82) is 0 Å². The number of carbonyl (C=O) groups excluding carboxylic acids is 2. The maximum Gasteiger partial charge on any atom is 0.326 e. The van der Waals surface area contributed by atoms with Gasteiger partial charge in [0.1, 0.15) is 0 Å². The van der Waals surface area contributed by atoms with Gasteiger partial charge in [-0.2, -0.15) is 0 Å². The first-order valence-electron chi connectivity index (χ1n) is 5.96. The van der Waals surface area contributed by atoms with Crippen LogP contribution < -0.4 is 16.0 Å². The van der Waals surface area contributed by atoms with Crippen molar-refractivity contribution in [1.82, 2.24) is 9.97 Å². The van der Waals surface area contributed by atoms with E-state index in [1.807, 2.05) is 0 Å². The zero-order valence-corrected chi connectivity index (χ0v) is 12.6. The molecule has 1 aromatic heterocycles. The Morgan fingerprint density at radius 2 is 1.67 bits per heavy atom. The molecule has 2 rings (SSSR count). The molecule has 3 amide bonds. The number of anilines is 3. The molecule has 21 heavy (non-hydrogen) atoms. The molecule has 0 aliphatic carbocycles. The van der Waals surface area contributed by atoms with Crippen molar-refractivity contribution in [3.63, 3.8) is 0 Å². The average Bonchev–Trinajstić information content (AvgIpc) is 2.41. The highest BCUT2D eigenvalue weighted by atomic mass is 79.9. The van der Waals surface area contributed by atoms with Gasteiger partial charge in [0.15, 0.2) is 0 Å². The zero-order valence-electron chi connectivity index (χ0n) is 11.1. The van der Waals surface area contributed by atoms with E-state index in [-0.39, 0.29) is 11.9 Å². The van der Waals surface area contributed by atoms with Crippen molar-refractivity contribution < 1.29 is 9.59 Å². The fourth-order valence-corrected chi connectivity index (χ4v) is 1.72. The molecule has 0 saturated heterocycles. The van der Waals surface area contributed by atoms with Crippen molar-refractivity contribution in [2.45, 2.75) is 6.92 Å². The smallest absolute Gasteiger partial charge is 0.326 e. The second-order valence-corrected chi connectivity index (χ2v) is 4.98. The van der Waals surface area contributed by atoms with Crippen LogP contribution in [0.4, 0.5) is 22.1 Å². The molecule has 2 aromatic rings. The Morgan fingerprint density at radius 1 is 1.05 bits per heavy atom. The van der Waals surface area contributed by atoms with Crippen LogP contribution in [0, 0.1) is 0 Å². The second-order valence-electron chi connectivity index (χ2n) is 4.07. The van der Waals surface area contributed by atoms with Gasteiger partial charge in [0.05, 0.1) is 4.47 Å². The molecule has 0 atom stereocenters. The molecule has 0 fully saturated rings. The van der Waals surface area contributed by atoms with Crippen LogP contribution >= 0.6 is 15.9 Å². The minimum Gasteiger partial charge on any atom is -0.326 e. The quantitative estimate of drug-likeness (QED) is 0.793. The summed E-state index contributed by atoms with van der Waals surface area (Å²) in [7, 11) is 0. The molecular formula is C13H12BrN5O2. The summed E-state index contributed by atoms with van der Waals surface area (Å²) in [4.78, 5) is 30.6. The molecule has 3 N–H and O–H groups in total. The van der Waals surface area contributed by atoms with Gasteiger partial charge in [-0.05, 0) is 34.1 Å². The number of benzene rings is 1. The Labute approximate surface area is 129 Å². The van der Waals surface area contributed by atoms with E-state index in [1.165, 1.54) is 19.3 Å². The monoisotopic (exact) mass is 349 g/mol. The maximum absolute atomic E-state index is 11.8. The van der Waals surface area contributed by atoms with Gasteiger partial charge >= 0.3 is 6.03 Å². The lowest BCUT2D eigenvalue weighted by Crippen LogP contribution is -2.20. The first-order valence-corrected chi connectivity index (χ1v) is 6.75. The summed E-state index contributed by atoms with van der Waals surface area (Å²) in [6.07, 6.45) is 3.06. The van der Waals surface area contributed by atoms with Gasteiger partial charge in [-0.3, -0.25) is 10.1 Å². The number of rotatable bonds is 3. The highest BCUT2D eigenvalue weighted by Crippen LogP contribution is 2.15. The zero-order chi connectivity index (χ0) is 15.2. The van der Waals surface area contributed by atoms with E-state index < -0.39 is 6.03 Å². The Balaban J connectivity index is 1.99. The van der Waals surface area contributed by atoms with Gasteiger partial charge in [-0.1, -0.05) is 6.07 Å². The topological polar surface area (TPSA) is 96.0 Å². The first-order chi connectivity index (χ1) is 10.0. The van der Waals surface area contributed by atoms with Gasteiger partial charge in [-0.15, -0.1) is 0 Å². The van der Waals surface area contributed by atoms with Gasteiger partial charge in [0.2, 0.25) is 11.9 Å². The predicted molar refractivity (Wildman–Crippen MR) is 83.1 cm³/mol. The van der Waals surface area contributed by atoms with Crippen LogP contribution in [0.3, 0.4) is 0 Å². The van der Waals surface area contributed by atoms with Crippen LogP contribution in [0.15, 0.2) is 41.1 Å². The molecule has 0 spiro atoms. The number of nitrogens with one attached hydrogen (secondary N) is 3. The van der Waals surface area contributed by atoms with Crippen molar-refractivity contribution in [2.75, 3.05) is 16.0 Å². The molecular weight excluding hydrogens is 338 g/mol. The molecule has 8 heteroatoms. The molecule has 0 saturated carbocycles. The Hall–Kier alpha value is -2.48. The van der Waals surface area contributed by atoms with E-state index in [2.05, 4.69) is 41.8 Å². The first kappa shape index (κ1) is 14.9. The van der Waals surface area contributed by atoms with Crippen LogP contribution in [-0.2, 0) is 4.79 Å². The fraction of sp³-hybridized carbons (Fsp3) is 0.0769. The molecule has 1 heterocycles. The molecule has 0 aliphatic heterocycles. The third kappa shape index (κ3) is 4.84. The maximum atomic E-state index is 11.8. The summed E-state index contributed by atoms with van der Waals surface area (Å²) in [6.45, 7) is 1.41. The number of hydrogen-bond acceptors (Lipinski definition) is 4. The number of carbonyl (C=O) groups is 2. The minimum atomic E-state index is -0.475. The van der Waals surface area contributed by atoms with E-state index in [1.54, 1.807) is 24.3 Å². The molecule has 1 aromatic carbocycles. The summed E-state index contributed by atoms with van der Waals surface area (Å²) in [5.41, 5.74) is 1.14. The van der Waals surface area contributed by atoms with E-state index in [0.29, 0.717) is 11.4 Å². The molecule has 0 radical (unpaired) electrons. The highest BCUT2D eigenvalue weighted by Gasteiger charge is 2.05. The number of amides is 3. The molecule has 108 valence electrons. The summed E-state index contributed by atoms with van der Waals surface area (Å²) in [6, 6.07) is 6.31. The van der Waals surface area contributed by atoms with E-state index in [0.717, 1.165) is 4.47 Å². The second kappa shape index (κ2) is 6.80. The Morgan fingerprint density at radius 3 is 2.29 bits per heavy atom. The summed E-state index contributed by atoms with van der Waals surface area (Å²) in [5, 5.41) is 7.76. The van der Waals surface area contributed by atoms with Crippen molar-refractivity contribution >= 4 is 45.2 Å². The van der Waals surface area contributed by atoms with Gasteiger partial charge < -0.3 is 10.6 Å². The molecule has 0 bridgehead atoms. The number of aromatic nitrogens is 2. The average molecular weight is 350 g/mol. The van der Waals surface area contributed by atoms with E-state index in [4.69, 9.17) is 0 Å². The number of hydrogen-bond donors (Lipinski definition) is 3. The molecule has 0 aliphatic rings. The SMILES string of the molecule is CC(=O)Nc1cccc(NC(=O)Nc2ncc(Br)cn2)c1. The summed E-state index contributed by atoms with van der Waals surface area (Å²) >= 11 is 3.21. The number of nitrogens with zero attached hydrogens (tertiary/aromatic N) is 2. The summed E-state index contributed by atoms with van der Waals surface area (Å²) < 4.78 is 0.719. The number of halogens is 1. The number of urea groups is 1. The Bertz CT molecular complexity index is 660. The van der Waals surface area contributed by atoms with Crippen LogP contribution in [0.5, 0.6) is 0 Å². The third-order valence-electron chi connectivity index (χ3n) is 2.29. The van der Waals surface area contributed by atoms with E-state index in [9.17, 15) is 9.59 Å². The largest absolute Gasteiger partial charge is 0.326 e. The lowest BCUT2D eigenvalue weighted by Gasteiger charge is -2.08. The van der Waals surface area contributed by atoms with Gasteiger partial charge in [0, 0.05) is 30.7 Å². The minimum absolute atomic E-state index is 0.181. The lowest BCUT2D eigenvalue weighted by molar-refractivity contribution is -0.114. The van der Waals surface area contributed by atoms with Crippen molar-refractivity contribution in [3.05, 3.63) is 41.1 Å². The van der Waals surface area contributed by atoms with Crippen LogP contribution in [0.1, 0.15) is 6.92 Å². The molecule has 0 unspecified atom stereocenters. The normalized spacial score (nSPS) is 9.81. The van der Waals surface area contributed by atoms with Crippen molar-refractivity contribution in [3.8, 4) is 0 Å². The van der Waals surface area contributed by atoms with Crippen molar-refractivity contribution in [2.24, 2.45) is 0 Å². The van der Waals surface area contributed by atoms with Crippen LogP contribution in [0.25, 0.3) is 0 Å². The van der Waals surface area contributed by atoms with Gasteiger partial charge in [0.25, 0.3) is 0 Å². The van der Waals surface area contributed by atoms with Crippen LogP contribution in [0.2, 0.25) is 0 Å². The lowest BCUT2D eigenvalue weighted by atomic mass is 10.3. The highest BCUT2D eigenvalue weighted by molar-refractivity contribution is 9.10. The fourth-order valence-electron chi connectivity index (χ4n) is 1.52. The molecule has 7 nitrogen and oxygen atoms in total. The summed E-state index contributed by atoms with van der Waals surface area (Å²) in [5.74, 6) is 0.00794.